The van der Waals surface area contributed by atoms with Gasteiger partial charge < -0.3 is 0 Å². The summed E-state index contributed by atoms with van der Waals surface area (Å²) < 4.78 is 1.29. The van der Waals surface area contributed by atoms with Crippen LogP contribution in [0.5, 0.6) is 0 Å². The first kappa shape index (κ1) is 8.45. The third-order valence-corrected chi connectivity index (χ3v) is 1.97. The van der Waals surface area contributed by atoms with Crippen LogP contribution < -0.4 is 5.56 Å². The molecule has 0 unspecified atom stereocenters. The van der Waals surface area contributed by atoms with E-state index in [0.29, 0.717) is 10.9 Å². The van der Waals surface area contributed by atoms with E-state index in [0.717, 1.165) is 0 Å². The van der Waals surface area contributed by atoms with E-state index in [-0.39, 0.29) is 12.1 Å². The Kier molecular flexibility index (Phi) is 1.99. The summed E-state index contributed by atoms with van der Waals surface area (Å²) in [6, 6.07) is 8.99. The maximum atomic E-state index is 11.7. The van der Waals surface area contributed by atoms with E-state index in [2.05, 4.69) is 4.98 Å². The molecule has 0 atom stereocenters. The Morgan fingerprint density at radius 1 is 1.43 bits per heavy atom. The van der Waals surface area contributed by atoms with Crippen LogP contribution in [0.2, 0.25) is 0 Å². The number of fused-ring (bicyclic) bond motifs is 1. The van der Waals surface area contributed by atoms with Crippen molar-refractivity contribution >= 4 is 10.9 Å². The second-order valence-corrected chi connectivity index (χ2v) is 2.85. The Labute approximate surface area is 80.0 Å². The second-order valence-electron chi connectivity index (χ2n) is 2.85. The van der Waals surface area contributed by atoms with Crippen LogP contribution in [0.3, 0.4) is 0 Å². The molecule has 1 aromatic carbocycles. The second kappa shape index (κ2) is 3.30. The maximum Gasteiger partial charge on any atom is 0.262 e. The Morgan fingerprint density at radius 2 is 2.21 bits per heavy atom. The first-order valence-corrected chi connectivity index (χ1v) is 4.14. The molecule has 0 aliphatic heterocycles. The molecule has 1 aromatic heterocycles. The maximum absolute atomic E-state index is 11.7. The number of hydrogen-bond donors (Lipinski definition) is 0. The summed E-state index contributed by atoms with van der Waals surface area (Å²) >= 11 is 0. The molecule has 0 aliphatic carbocycles. The van der Waals surface area contributed by atoms with Crippen molar-refractivity contribution in [2.75, 3.05) is 0 Å². The third kappa shape index (κ3) is 1.25. The van der Waals surface area contributed by atoms with Crippen LogP contribution in [0.25, 0.3) is 10.9 Å². The average molecular weight is 185 g/mol. The average Bonchev–Trinajstić information content (AvgIpc) is 2.23. The van der Waals surface area contributed by atoms with E-state index < -0.39 is 0 Å². The summed E-state index contributed by atoms with van der Waals surface area (Å²) in [5.74, 6) is 0. The van der Waals surface area contributed by atoms with Crippen molar-refractivity contribution < 1.29 is 0 Å². The van der Waals surface area contributed by atoms with Crippen LogP contribution in [0.4, 0.5) is 0 Å². The smallest absolute Gasteiger partial charge is 0.262 e. The Bertz CT molecular complexity index is 565. The Morgan fingerprint density at radius 3 is 3.00 bits per heavy atom. The molecule has 0 spiro atoms. The minimum Gasteiger partial charge on any atom is -0.285 e. The number of rotatable bonds is 1. The van der Waals surface area contributed by atoms with E-state index in [1.165, 1.54) is 10.9 Å². The minimum atomic E-state index is -0.169. The van der Waals surface area contributed by atoms with Gasteiger partial charge in [-0.1, -0.05) is 12.1 Å². The lowest BCUT2D eigenvalue weighted by Crippen LogP contribution is -2.19. The highest BCUT2D eigenvalue weighted by Gasteiger charge is 2.01. The molecule has 1 heterocycles. The lowest BCUT2D eigenvalue weighted by Gasteiger charge is -2.00. The lowest BCUT2D eigenvalue weighted by molar-refractivity contribution is 0.775. The zero-order valence-corrected chi connectivity index (χ0v) is 7.34. The van der Waals surface area contributed by atoms with Crippen LogP contribution in [-0.4, -0.2) is 9.55 Å². The van der Waals surface area contributed by atoms with Gasteiger partial charge in [-0.15, -0.1) is 0 Å². The molecule has 0 aliphatic rings. The minimum absolute atomic E-state index is 0.0384. The quantitative estimate of drug-likeness (QED) is 0.663. The van der Waals surface area contributed by atoms with Gasteiger partial charge in [0.05, 0.1) is 23.3 Å². The van der Waals surface area contributed by atoms with Crippen LogP contribution in [0, 0.1) is 11.3 Å². The summed E-state index contributed by atoms with van der Waals surface area (Å²) in [5, 5.41) is 9.03. The molecule has 4 nitrogen and oxygen atoms in total. The van der Waals surface area contributed by atoms with Gasteiger partial charge >= 0.3 is 0 Å². The molecule has 0 radical (unpaired) electrons. The molecular formula is C10H7N3O. The van der Waals surface area contributed by atoms with Crippen molar-refractivity contribution in [2.24, 2.45) is 0 Å². The molecule has 2 aromatic rings. The van der Waals surface area contributed by atoms with Gasteiger partial charge in [-0.05, 0) is 12.1 Å². The molecular weight excluding hydrogens is 178 g/mol. The fraction of sp³-hybridized carbons (Fsp3) is 0.100. The SMILES string of the molecule is N#CCn1cnc2ccccc2c1=O. The van der Waals surface area contributed by atoms with Crippen molar-refractivity contribution in [3.8, 4) is 6.07 Å². The number of aromatic nitrogens is 2. The zero-order chi connectivity index (χ0) is 9.97. The summed E-state index contributed by atoms with van der Waals surface area (Å²) in [6.45, 7) is 0.0384. The van der Waals surface area contributed by atoms with Crippen molar-refractivity contribution in [1.82, 2.24) is 9.55 Å². The summed E-state index contributed by atoms with van der Waals surface area (Å²) in [6.07, 6.45) is 1.40. The van der Waals surface area contributed by atoms with Crippen molar-refractivity contribution in [1.29, 1.82) is 5.26 Å². The summed E-state index contributed by atoms with van der Waals surface area (Å²) in [4.78, 5) is 15.8. The Balaban J connectivity index is 2.77. The number of benzene rings is 1. The van der Waals surface area contributed by atoms with E-state index >= 15 is 0 Å². The number of hydrogen-bond acceptors (Lipinski definition) is 3. The van der Waals surface area contributed by atoms with E-state index in [1.807, 2.05) is 12.1 Å². The molecule has 0 saturated heterocycles. The van der Waals surface area contributed by atoms with Gasteiger partial charge in [-0.2, -0.15) is 5.26 Å². The molecule has 0 N–H and O–H groups in total. The van der Waals surface area contributed by atoms with Crippen LogP contribution in [0.15, 0.2) is 35.4 Å². The highest BCUT2D eigenvalue weighted by Crippen LogP contribution is 2.03. The summed E-state index contributed by atoms with van der Waals surface area (Å²) in [7, 11) is 0. The predicted molar refractivity (Wildman–Crippen MR) is 51.6 cm³/mol. The van der Waals surface area contributed by atoms with Crippen LogP contribution in [0.1, 0.15) is 0 Å². The molecule has 68 valence electrons. The summed E-state index contributed by atoms with van der Waals surface area (Å²) in [5.41, 5.74) is 0.490. The van der Waals surface area contributed by atoms with Crippen LogP contribution in [-0.2, 0) is 6.54 Å². The van der Waals surface area contributed by atoms with Gasteiger partial charge in [0.25, 0.3) is 5.56 Å². The highest BCUT2D eigenvalue weighted by atomic mass is 16.1. The molecule has 0 fully saturated rings. The fourth-order valence-electron chi connectivity index (χ4n) is 1.29. The van der Waals surface area contributed by atoms with Gasteiger partial charge in [0.2, 0.25) is 0 Å². The first-order chi connectivity index (χ1) is 6.83. The molecule has 0 amide bonds. The predicted octanol–water partition coefficient (Wildman–Crippen LogP) is 0.920. The molecule has 2 rings (SSSR count). The molecule has 14 heavy (non-hydrogen) atoms. The highest BCUT2D eigenvalue weighted by molar-refractivity contribution is 5.76. The molecule has 0 bridgehead atoms. The van der Waals surface area contributed by atoms with Gasteiger partial charge in [0.1, 0.15) is 6.54 Å². The number of para-hydroxylation sites is 1. The zero-order valence-electron chi connectivity index (χ0n) is 7.34. The van der Waals surface area contributed by atoms with Crippen molar-refractivity contribution in [3.63, 3.8) is 0 Å². The standard InChI is InChI=1S/C10H7N3O/c11-5-6-13-7-12-9-4-2-1-3-8(9)10(13)14/h1-4,7H,6H2. The largest absolute Gasteiger partial charge is 0.285 e. The normalized spacial score (nSPS) is 9.93. The van der Waals surface area contributed by atoms with E-state index in [1.54, 1.807) is 18.2 Å². The number of nitriles is 1. The monoisotopic (exact) mass is 185 g/mol. The van der Waals surface area contributed by atoms with Crippen molar-refractivity contribution in [2.45, 2.75) is 6.54 Å². The lowest BCUT2D eigenvalue weighted by atomic mass is 10.2. The van der Waals surface area contributed by atoms with Gasteiger partial charge in [0, 0.05) is 0 Å². The van der Waals surface area contributed by atoms with Crippen molar-refractivity contribution in [3.05, 3.63) is 40.9 Å². The van der Waals surface area contributed by atoms with Crippen LogP contribution >= 0.6 is 0 Å². The van der Waals surface area contributed by atoms with Gasteiger partial charge in [-0.3, -0.25) is 9.36 Å². The van der Waals surface area contributed by atoms with Gasteiger partial charge in [0.15, 0.2) is 0 Å². The fourth-order valence-corrected chi connectivity index (χ4v) is 1.29. The third-order valence-electron chi connectivity index (χ3n) is 1.97. The first-order valence-electron chi connectivity index (χ1n) is 4.14. The van der Waals surface area contributed by atoms with Gasteiger partial charge in [-0.25, -0.2) is 4.98 Å². The molecule has 0 saturated carbocycles. The molecule has 4 heteroatoms. The van der Waals surface area contributed by atoms with E-state index in [9.17, 15) is 4.79 Å². The topological polar surface area (TPSA) is 58.7 Å². The van der Waals surface area contributed by atoms with E-state index in [4.69, 9.17) is 5.26 Å². The number of nitrogens with zero attached hydrogens (tertiary/aromatic N) is 3. The Hall–Kier alpha value is -2.15.